The molecule has 0 aliphatic rings. The molecule has 0 aromatic heterocycles. The number of benzene rings is 1. The predicted octanol–water partition coefficient (Wildman–Crippen LogP) is 2.13. The summed E-state index contributed by atoms with van der Waals surface area (Å²) in [4.78, 5) is 16.1. The molecule has 3 N–H and O–H groups in total. The maximum absolute atomic E-state index is 12.0. The molecular formula is C15H25IN4O. The Morgan fingerprint density at radius 1 is 1.38 bits per heavy atom. The molecule has 0 heterocycles. The van der Waals surface area contributed by atoms with Crippen LogP contribution in [0.3, 0.4) is 0 Å². The molecule has 0 aliphatic heterocycles. The fourth-order valence-electron chi connectivity index (χ4n) is 1.70. The van der Waals surface area contributed by atoms with Crippen molar-refractivity contribution in [2.45, 2.75) is 32.9 Å². The maximum Gasteiger partial charge on any atom is 0.251 e. The number of carbonyl (C=O) groups excluding carboxylic acids is 1. The van der Waals surface area contributed by atoms with Gasteiger partial charge < -0.3 is 16.0 Å². The lowest BCUT2D eigenvalue weighted by molar-refractivity contribution is 0.0939. The molecule has 1 unspecified atom stereocenters. The van der Waals surface area contributed by atoms with E-state index >= 15 is 0 Å². The molecule has 0 fully saturated rings. The van der Waals surface area contributed by atoms with Crippen LogP contribution < -0.4 is 16.0 Å². The number of nitrogens with zero attached hydrogens (tertiary/aromatic N) is 1. The molecule has 6 heteroatoms. The van der Waals surface area contributed by atoms with Crippen LogP contribution in [-0.2, 0) is 6.54 Å². The number of amides is 1. The fraction of sp³-hybridized carbons (Fsp3) is 0.467. The third-order valence-electron chi connectivity index (χ3n) is 3.10. The second-order valence-electron chi connectivity index (χ2n) is 4.66. The first-order valence-corrected chi connectivity index (χ1v) is 6.88. The molecule has 118 valence electrons. The third kappa shape index (κ3) is 6.79. The van der Waals surface area contributed by atoms with Gasteiger partial charge in [-0.2, -0.15) is 0 Å². The largest absolute Gasteiger partial charge is 0.359 e. The van der Waals surface area contributed by atoms with Crippen molar-refractivity contribution in [2.75, 3.05) is 14.1 Å². The smallest absolute Gasteiger partial charge is 0.251 e. The average Bonchev–Trinajstić information content (AvgIpc) is 2.48. The van der Waals surface area contributed by atoms with Crippen LogP contribution in [-0.4, -0.2) is 32.0 Å². The number of rotatable bonds is 5. The number of guanidine groups is 1. The Labute approximate surface area is 144 Å². The van der Waals surface area contributed by atoms with Gasteiger partial charge in [-0.05, 0) is 31.0 Å². The van der Waals surface area contributed by atoms with Crippen LogP contribution in [0, 0.1) is 0 Å². The highest BCUT2D eigenvalue weighted by Gasteiger charge is 2.08. The van der Waals surface area contributed by atoms with Crippen LogP contribution in [0.15, 0.2) is 29.3 Å². The van der Waals surface area contributed by atoms with Gasteiger partial charge in [0.1, 0.15) is 0 Å². The molecule has 0 saturated heterocycles. The number of carbonyl (C=O) groups is 1. The number of hydrogen-bond acceptors (Lipinski definition) is 2. The minimum absolute atomic E-state index is 0. The van der Waals surface area contributed by atoms with E-state index in [2.05, 4.69) is 27.9 Å². The van der Waals surface area contributed by atoms with Gasteiger partial charge in [0.05, 0.1) is 0 Å². The quantitative estimate of drug-likeness (QED) is 0.400. The Hall–Kier alpha value is -1.31. The Morgan fingerprint density at radius 3 is 2.67 bits per heavy atom. The standard InChI is InChI=1S/C15H24N4O.HI/c1-5-11(2)19-14(20)13-8-6-7-12(9-13)10-18-15(16-3)17-4;/h6-9,11H,5,10H2,1-4H3,(H,19,20)(H2,16,17,18);1H. The summed E-state index contributed by atoms with van der Waals surface area (Å²) in [6.07, 6.45) is 0.922. The van der Waals surface area contributed by atoms with Gasteiger partial charge in [0.15, 0.2) is 5.96 Å². The van der Waals surface area contributed by atoms with Crippen molar-refractivity contribution in [1.29, 1.82) is 0 Å². The molecule has 21 heavy (non-hydrogen) atoms. The van der Waals surface area contributed by atoms with E-state index in [-0.39, 0.29) is 35.9 Å². The van der Waals surface area contributed by atoms with E-state index in [4.69, 9.17) is 0 Å². The lowest BCUT2D eigenvalue weighted by Gasteiger charge is -2.12. The molecule has 1 atom stereocenters. The monoisotopic (exact) mass is 404 g/mol. The van der Waals surface area contributed by atoms with Crippen LogP contribution in [0.1, 0.15) is 36.2 Å². The van der Waals surface area contributed by atoms with Crippen molar-refractivity contribution >= 4 is 35.8 Å². The Balaban J connectivity index is 0.00000400. The zero-order chi connectivity index (χ0) is 15.0. The molecule has 0 spiro atoms. The van der Waals surface area contributed by atoms with Gasteiger partial charge in [-0.25, -0.2) is 0 Å². The maximum atomic E-state index is 12.0. The second kappa shape index (κ2) is 10.4. The lowest BCUT2D eigenvalue weighted by atomic mass is 10.1. The van der Waals surface area contributed by atoms with Gasteiger partial charge in [0.25, 0.3) is 5.91 Å². The Morgan fingerprint density at radius 2 is 2.10 bits per heavy atom. The molecule has 0 saturated carbocycles. The predicted molar refractivity (Wildman–Crippen MR) is 98.3 cm³/mol. The molecule has 5 nitrogen and oxygen atoms in total. The minimum atomic E-state index is -0.0285. The summed E-state index contributed by atoms with van der Waals surface area (Å²) >= 11 is 0. The number of nitrogens with one attached hydrogen (secondary N) is 3. The van der Waals surface area contributed by atoms with Crippen LogP contribution in [0.25, 0.3) is 0 Å². The first-order chi connectivity index (χ1) is 9.60. The van der Waals surface area contributed by atoms with E-state index in [1.54, 1.807) is 7.05 Å². The van der Waals surface area contributed by atoms with Crippen molar-refractivity contribution in [2.24, 2.45) is 4.99 Å². The summed E-state index contributed by atoms with van der Waals surface area (Å²) in [5.74, 6) is 0.693. The summed E-state index contributed by atoms with van der Waals surface area (Å²) in [5, 5.41) is 9.08. The highest BCUT2D eigenvalue weighted by atomic mass is 127. The van der Waals surface area contributed by atoms with E-state index < -0.39 is 0 Å². The molecule has 1 aromatic carbocycles. The minimum Gasteiger partial charge on any atom is -0.359 e. The molecule has 0 aliphatic carbocycles. The van der Waals surface area contributed by atoms with E-state index in [1.807, 2.05) is 38.2 Å². The van der Waals surface area contributed by atoms with Gasteiger partial charge in [-0.1, -0.05) is 19.1 Å². The van der Waals surface area contributed by atoms with E-state index in [0.717, 1.165) is 17.9 Å². The zero-order valence-electron chi connectivity index (χ0n) is 13.1. The summed E-state index contributed by atoms with van der Waals surface area (Å²) in [7, 11) is 3.53. The van der Waals surface area contributed by atoms with Gasteiger partial charge in [-0.15, -0.1) is 24.0 Å². The summed E-state index contributed by atoms with van der Waals surface area (Å²) in [6, 6.07) is 7.79. The number of aliphatic imine (C=N–C) groups is 1. The van der Waals surface area contributed by atoms with Crippen molar-refractivity contribution in [1.82, 2.24) is 16.0 Å². The molecular weight excluding hydrogens is 379 g/mol. The van der Waals surface area contributed by atoms with Crippen LogP contribution in [0.2, 0.25) is 0 Å². The second-order valence-corrected chi connectivity index (χ2v) is 4.66. The summed E-state index contributed by atoms with van der Waals surface area (Å²) in [5.41, 5.74) is 1.72. The van der Waals surface area contributed by atoms with Crippen LogP contribution >= 0.6 is 24.0 Å². The van der Waals surface area contributed by atoms with Gasteiger partial charge in [0.2, 0.25) is 0 Å². The highest BCUT2D eigenvalue weighted by molar-refractivity contribution is 14.0. The van der Waals surface area contributed by atoms with Gasteiger partial charge in [0, 0.05) is 32.2 Å². The lowest BCUT2D eigenvalue weighted by Crippen LogP contribution is -2.34. The highest BCUT2D eigenvalue weighted by Crippen LogP contribution is 2.06. The Bertz CT molecular complexity index is 476. The zero-order valence-corrected chi connectivity index (χ0v) is 15.4. The molecule has 1 aromatic rings. The van der Waals surface area contributed by atoms with Crippen molar-refractivity contribution < 1.29 is 4.79 Å². The molecule has 1 rings (SSSR count). The first kappa shape index (κ1) is 19.7. The average molecular weight is 404 g/mol. The SMILES string of the molecule is CCC(C)NC(=O)c1cccc(CNC(=NC)NC)c1.I. The molecule has 0 bridgehead atoms. The van der Waals surface area contributed by atoms with E-state index in [1.165, 1.54) is 0 Å². The summed E-state index contributed by atoms with van der Waals surface area (Å²) in [6.45, 7) is 4.67. The van der Waals surface area contributed by atoms with Crippen molar-refractivity contribution in [3.63, 3.8) is 0 Å². The fourth-order valence-corrected chi connectivity index (χ4v) is 1.70. The van der Waals surface area contributed by atoms with Crippen molar-refractivity contribution in [3.05, 3.63) is 35.4 Å². The normalized spacial score (nSPS) is 12.1. The summed E-state index contributed by atoms with van der Waals surface area (Å²) < 4.78 is 0. The topological polar surface area (TPSA) is 65.5 Å². The van der Waals surface area contributed by atoms with E-state index in [9.17, 15) is 4.79 Å². The third-order valence-corrected chi connectivity index (χ3v) is 3.10. The van der Waals surface area contributed by atoms with Crippen molar-refractivity contribution in [3.8, 4) is 0 Å². The first-order valence-electron chi connectivity index (χ1n) is 6.88. The number of hydrogen-bond donors (Lipinski definition) is 3. The van der Waals surface area contributed by atoms with Crippen LogP contribution in [0.4, 0.5) is 0 Å². The van der Waals surface area contributed by atoms with Crippen LogP contribution in [0.5, 0.6) is 0 Å². The van der Waals surface area contributed by atoms with Gasteiger partial charge >= 0.3 is 0 Å². The Kier molecular flexibility index (Phi) is 9.77. The number of halogens is 1. The van der Waals surface area contributed by atoms with E-state index in [0.29, 0.717) is 12.1 Å². The molecule has 1 amide bonds. The molecule has 0 radical (unpaired) electrons. The van der Waals surface area contributed by atoms with Gasteiger partial charge in [-0.3, -0.25) is 9.79 Å².